The van der Waals surface area contributed by atoms with Gasteiger partial charge in [-0.2, -0.15) is 0 Å². The van der Waals surface area contributed by atoms with Gasteiger partial charge in [-0.05, 0) is 165 Å². The number of esters is 4. The zero-order valence-corrected chi connectivity index (χ0v) is 84.4. The molecule has 41 heteroatoms. The van der Waals surface area contributed by atoms with Gasteiger partial charge in [-0.1, -0.05) is 100 Å². The van der Waals surface area contributed by atoms with Crippen molar-refractivity contribution in [1.29, 1.82) is 0 Å². The number of aromatic nitrogens is 4. The first-order chi connectivity index (χ1) is 62.9. The van der Waals surface area contributed by atoms with Crippen LogP contribution in [0.4, 0.5) is 20.4 Å². The number of thiazole rings is 2. The summed E-state index contributed by atoms with van der Waals surface area (Å²) in [5, 5.41) is 59.1. The number of rotatable bonds is 27. The van der Waals surface area contributed by atoms with Crippen LogP contribution in [0, 0.1) is 35.5 Å². The highest BCUT2D eigenvalue weighted by molar-refractivity contribution is 7.13. The molecule has 135 heavy (non-hydrogen) atoms. The normalized spacial score (nSPS) is 34.0. The number of likely N-dealkylation sites (N-methyl/N-ethyl adjacent to an activating group) is 2. The Morgan fingerprint density at radius 2 is 0.911 bits per heavy atom. The molecule has 10 N–H and O–H groups in total. The zero-order chi connectivity index (χ0) is 102. The molecule has 0 radical (unpaired) electrons. The molecular formula is C94H144F2N12O25S2. The van der Waals surface area contributed by atoms with Gasteiger partial charge in [0.05, 0.1) is 83.6 Å². The van der Waals surface area contributed by atoms with Crippen LogP contribution in [0.3, 0.4) is 0 Å². The summed E-state index contributed by atoms with van der Waals surface area (Å²) in [6.45, 7) is 31.9. The molecule has 0 bridgehead atoms. The molecule has 8 heterocycles. The molecule has 0 saturated carbocycles. The highest BCUT2D eigenvalue weighted by Crippen LogP contribution is 2.44. The van der Waals surface area contributed by atoms with Crippen LogP contribution >= 0.6 is 22.7 Å². The van der Waals surface area contributed by atoms with Gasteiger partial charge in [0.1, 0.15) is 69.7 Å². The zero-order valence-electron chi connectivity index (χ0n) is 82.8. The molecule has 0 spiro atoms. The maximum absolute atomic E-state index is 17.0. The van der Waals surface area contributed by atoms with Crippen molar-refractivity contribution in [2.45, 2.75) is 349 Å². The fourth-order valence-electron chi connectivity index (χ4n) is 17.7. The predicted molar refractivity (Wildman–Crippen MR) is 501 cm³/mol. The molecule has 4 aliphatic rings. The first kappa shape index (κ1) is 115. The van der Waals surface area contributed by atoms with Gasteiger partial charge < -0.3 is 93.9 Å². The van der Waals surface area contributed by atoms with E-state index >= 15 is 8.78 Å². The van der Waals surface area contributed by atoms with Crippen molar-refractivity contribution in [2.75, 3.05) is 52.9 Å². The van der Waals surface area contributed by atoms with Gasteiger partial charge in [-0.15, -0.1) is 22.7 Å². The van der Waals surface area contributed by atoms with E-state index in [0.29, 0.717) is 59.6 Å². The number of carbonyl (C=O) groups is 9. The Morgan fingerprint density at radius 3 is 1.24 bits per heavy atom. The summed E-state index contributed by atoms with van der Waals surface area (Å²) in [6, 6.07) is 9.88. The molecule has 0 aliphatic carbocycles. The second kappa shape index (κ2) is 50.4. The summed E-state index contributed by atoms with van der Waals surface area (Å²) >= 11 is 2.85. The van der Waals surface area contributed by atoms with Gasteiger partial charge >= 0.3 is 23.9 Å². The summed E-state index contributed by atoms with van der Waals surface area (Å²) < 4.78 is 94.2. The number of pyridine rings is 2. The monoisotopic (exact) mass is 1940 g/mol. The number of anilines is 2. The highest BCUT2D eigenvalue weighted by atomic mass is 32.1. The third-order valence-electron chi connectivity index (χ3n) is 24.8. The summed E-state index contributed by atoms with van der Waals surface area (Å²) in [5.41, 5.74) is 0.125. The predicted octanol–water partition coefficient (Wildman–Crippen LogP) is 10.4. The van der Waals surface area contributed by atoms with E-state index < -0.39 is 209 Å². The molecule has 37 nitrogen and oxygen atoms in total. The van der Waals surface area contributed by atoms with Gasteiger partial charge in [0.25, 0.3) is 11.3 Å². The number of nitrogens with two attached hydrogens (primary N) is 3. The first-order valence-electron chi connectivity index (χ1n) is 45.8. The Kier molecular flexibility index (Phi) is 43.0. The van der Waals surface area contributed by atoms with E-state index in [1.807, 2.05) is 39.6 Å². The lowest BCUT2D eigenvalue weighted by atomic mass is 9.73. The number of aliphatic hydroxyl groups is 4. The number of amides is 2. The number of halogens is 2. The summed E-state index contributed by atoms with van der Waals surface area (Å²) in [6.07, 6.45) is -13.6. The molecule has 4 aliphatic heterocycles. The van der Waals surface area contributed by atoms with E-state index in [1.165, 1.54) is 78.1 Å². The maximum Gasteiger partial charge on any atom is 0.351 e. The Labute approximate surface area is 798 Å². The maximum atomic E-state index is 17.0. The first-order valence-corrected chi connectivity index (χ1v) is 47.6. The van der Waals surface area contributed by atoms with Crippen molar-refractivity contribution in [2.24, 2.45) is 56.5 Å². The molecule has 4 saturated heterocycles. The van der Waals surface area contributed by atoms with E-state index in [-0.39, 0.29) is 75.4 Å². The van der Waals surface area contributed by atoms with E-state index in [0.717, 1.165) is 30.2 Å². The molecular weight excluding hydrogens is 1800 g/mol. The van der Waals surface area contributed by atoms with Gasteiger partial charge in [-0.3, -0.25) is 38.4 Å². The number of hydrogen-bond donors (Lipinski definition) is 7. The molecule has 756 valence electrons. The number of ether oxygens (including phenoxy) is 10. The molecule has 4 aromatic rings. The summed E-state index contributed by atoms with van der Waals surface area (Å²) in [7, 11) is 7.17. The number of oxime groups is 1. The van der Waals surface area contributed by atoms with Crippen LogP contribution in [0.5, 0.6) is 0 Å². The van der Waals surface area contributed by atoms with Crippen molar-refractivity contribution in [1.82, 2.24) is 29.7 Å². The van der Waals surface area contributed by atoms with Crippen molar-refractivity contribution in [3.63, 3.8) is 0 Å². The minimum absolute atomic E-state index is 0.0116. The van der Waals surface area contributed by atoms with E-state index in [4.69, 9.17) is 69.6 Å². The fourth-order valence-corrected chi connectivity index (χ4v) is 19.2. The topological polar surface area (TPSA) is 518 Å². The smallest absolute Gasteiger partial charge is 0.351 e. The van der Waals surface area contributed by atoms with Crippen molar-refractivity contribution in [3.8, 4) is 21.4 Å². The number of ketones is 3. The molecule has 26 atom stereocenters. The Hall–Kier alpha value is -8.50. The van der Waals surface area contributed by atoms with Gasteiger partial charge in [-0.25, -0.2) is 54.2 Å². The van der Waals surface area contributed by atoms with Crippen LogP contribution in [0.25, 0.3) is 21.4 Å². The fraction of sp³-hybridized carbons (Fsp3) is 0.702. The lowest BCUT2D eigenvalue weighted by Gasteiger charge is -2.47. The number of Topliss-reactive ketones (excluding diaryl/α,β-unsaturated/α-hetero) is 3. The minimum atomic E-state index is -3.32. The summed E-state index contributed by atoms with van der Waals surface area (Å²) in [4.78, 5) is 160. The molecule has 8 rings (SSSR count). The number of nitrogen functional groups attached to an aromatic ring is 2. The highest BCUT2D eigenvalue weighted by Gasteiger charge is 2.60. The lowest BCUT2D eigenvalue weighted by molar-refractivity contribution is -0.296. The van der Waals surface area contributed by atoms with Crippen LogP contribution in [0.1, 0.15) is 228 Å². The van der Waals surface area contributed by atoms with Crippen LogP contribution < -0.4 is 17.4 Å². The Morgan fingerprint density at radius 1 is 0.533 bits per heavy atom. The molecule has 0 unspecified atom stereocenters. The molecule has 0 aromatic carbocycles. The van der Waals surface area contributed by atoms with E-state index in [1.54, 1.807) is 129 Å². The molecule has 4 fully saturated rings. The van der Waals surface area contributed by atoms with Crippen LogP contribution in [-0.4, -0.2) is 281 Å². The number of alkyl halides is 2. The standard InChI is InChI=1S/C47H71FN6O12S.C38H63FN2O12.C9H10N4OS/c1-14-30(53-62-23-31-24-67-42(50-31)32-18-17-19-35(49)51-32)22-61-41-27(6)37(52-36(56)16-3)25(4)21-45(9,59)40(66-43-38(64-29(8)55)33(54(12)13)20-26(5)63-43)28(7)39(57)46(10,48)44(58)65-34(15-2)47(41,11)60;1-14-25(43)19-49-33-22(6)29(40-28(44)16-3)20(4)18-36(9,47)32(53-34-30(51-24(8)42)26(41(12)13)17-21(5)50-34)23(7)31(45)37(10,39)35(46)52-27(15-2)38(33,11)48;10-8-3-1-2-7(13-8)9-12-6(4-14-11)5-15-9/h17-19,24-28,33-34,38,40-41,43,59-60H,14-16,20-23H2,1-13H3,(H2,49,51);20-23,26-27,30,32-34,47-48H,14-19H2,1-13H3;1-3,5H,4,11H2,(H2,10,13)/t25-,26-,27+,28+,33+,34-,38-,40-,41-,43+,45-,46+,47-;20-,21-,22+,23+,26+,27-,30-,32-,33-,34+,36-,37+,38-;/m11./s1. The number of cyclic esters (lactones) is 2. The molecule has 4 aromatic heterocycles. The average Bonchev–Trinajstić information content (AvgIpc) is 0.856. The third-order valence-corrected chi connectivity index (χ3v) is 26.6. The van der Waals surface area contributed by atoms with Gasteiger partial charge in [0, 0.05) is 79.0 Å². The van der Waals surface area contributed by atoms with Crippen LogP contribution in [0.15, 0.2) is 62.3 Å². The average molecular weight is 1940 g/mol. The third kappa shape index (κ3) is 30.5. The SMILES string of the molecule is CCC(=O)CO[C@@H]1[C@@H](C)C(=NC(=O)CC)[C@H](C)C[C@@](C)(O)[C@H](O[C@@H]2O[C@H](C)C[C@H](N(C)C)[C@H]2OC(C)=O)[C@@H](C)C(=O)[C@](C)(F)C(=O)O[C@H](CC)[C@@]1(C)O.CCC(=O)N=C1[C@H](C)C[C@@](C)(O)[C@H](O[C@@H]2O[C@H](C)C[C@H](N(C)C)[C@H]2OC(C)=O)[C@@H](C)C(=O)[C@](C)(F)C(=O)O[C@H](CC)[C@@](C)(O)[C@H](OCC(CC)=NOCc2csc(-c3cccc(N)n3)n2)[C@H]1C.NOCc1csc(-c2cccc(N)n2)n1. The second-order valence-electron chi connectivity index (χ2n) is 37.0. The quantitative estimate of drug-likeness (QED) is 0.00958. The van der Waals surface area contributed by atoms with Crippen molar-refractivity contribution in [3.05, 3.63) is 58.5 Å². The molecule has 2 amide bonds. The van der Waals surface area contributed by atoms with Crippen LogP contribution in [-0.2, 0) is 113 Å². The largest absolute Gasteiger partial charge is 0.457 e. The Balaban J connectivity index is 0.000000364. The second-order valence-corrected chi connectivity index (χ2v) is 38.7. The number of carbonyl (C=O) groups excluding carboxylic acids is 9. The van der Waals surface area contributed by atoms with Crippen molar-refractivity contribution >= 4 is 104 Å². The number of nitrogens with zero attached hydrogens (tertiary/aromatic N) is 9. The minimum Gasteiger partial charge on any atom is -0.457 e. The lowest BCUT2D eigenvalue weighted by Crippen LogP contribution is -2.61. The van der Waals surface area contributed by atoms with E-state index in [2.05, 4.69) is 39.9 Å². The van der Waals surface area contributed by atoms with Gasteiger partial charge in [0.2, 0.25) is 11.8 Å². The number of hydrogen-bond acceptors (Lipinski definition) is 37. The number of aliphatic imine (C=N–C) groups is 2. The van der Waals surface area contributed by atoms with Crippen LogP contribution in [0.2, 0.25) is 0 Å². The van der Waals surface area contributed by atoms with Crippen molar-refractivity contribution < 1.29 is 129 Å². The Bertz CT molecular complexity index is 4730. The van der Waals surface area contributed by atoms with Gasteiger partial charge in [0.15, 0.2) is 48.7 Å². The van der Waals surface area contributed by atoms with E-state index in [9.17, 15) is 63.6 Å². The summed E-state index contributed by atoms with van der Waals surface area (Å²) in [5.74, 6) is -9.03.